The first kappa shape index (κ1) is 28.9. The maximum atomic E-state index is 12.5. The van der Waals surface area contributed by atoms with E-state index in [0.717, 1.165) is 0 Å². The SMILES string of the molecule is CC(C(S)N(C(=O)O)C(C(C)(C)C)C(C)(C)C)N(C(=O)O)C(C(C)(C)C)C(C)(C)C. The summed E-state index contributed by atoms with van der Waals surface area (Å²) < 4.78 is 0. The van der Waals surface area contributed by atoms with Crippen LogP contribution >= 0.6 is 12.6 Å². The van der Waals surface area contributed by atoms with E-state index in [2.05, 4.69) is 0 Å². The number of hydrogen-bond donors (Lipinski definition) is 3. The van der Waals surface area contributed by atoms with Gasteiger partial charge in [-0.25, -0.2) is 9.59 Å². The van der Waals surface area contributed by atoms with Gasteiger partial charge in [-0.1, -0.05) is 83.1 Å². The summed E-state index contributed by atoms with van der Waals surface area (Å²) in [6, 6.07) is -1.37. The molecule has 0 aromatic heterocycles. The number of thiol groups is 1. The molecule has 178 valence electrons. The number of amides is 2. The lowest BCUT2D eigenvalue weighted by atomic mass is 9.70. The molecule has 0 aliphatic heterocycles. The Morgan fingerprint density at radius 1 is 0.633 bits per heavy atom. The summed E-state index contributed by atoms with van der Waals surface area (Å²) >= 11 is 4.72. The van der Waals surface area contributed by atoms with E-state index in [4.69, 9.17) is 12.6 Å². The standard InChI is InChI=1S/C23H46N2O4S/c1-14(24(18(26)27)16(20(2,3)4)21(5,6)7)15(30)25(19(28)29)17(22(8,9)10)23(11,12)13/h14-17,30H,1-13H3,(H,26,27)(H,28,29). The van der Waals surface area contributed by atoms with Crippen molar-refractivity contribution in [2.24, 2.45) is 21.7 Å². The third kappa shape index (κ3) is 6.96. The van der Waals surface area contributed by atoms with Crippen LogP contribution in [-0.2, 0) is 0 Å². The highest BCUT2D eigenvalue weighted by Gasteiger charge is 2.49. The Kier molecular flexibility index (Phi) is 8.83. The first-order valence-electron chi connectivity index (χ1n) is 10.7. The molecule has 0 radical (unpaired) electrons. The predicted octanol–water partition coefficient (Wildman–Crippen LogP) is 6.51. The molecule has 2 unspecified atom stereocenters. The van der Waals surface area contributed by atoms with Gasteiger partial charge in [0.15, 0.2) is 0 Å². The highest BCUT2D eigenvalue weighted by molar-refractivity contribution is 7.81. The summed E-state index contributed by atoms with van der Waals surface area (Å²) in [5.41, 5.74) is -1.42. The van der Waals surface area contributed by atoms with Crippen molar-refractivity contribution in [1.82, 2.24) is 9.80 Å². The smallest absolute Gasteiger partial charge is 0.408 e. The van der Waals surface area contributed by atoms with Crippen LogP contribution in [0, 0.1) is 21.7 Å². The van der Waals surface area contributed by atoms with Crippen LogP contribution < -0.4 is 0 Å². The number of rotatable bonds is 5. The van der Waals surface area contributed by atoms with E-state index in [1.165, 1.54) is 9.80 Å². The maximum absolute atomic E-state index is 12.5. The molecule has 2 N–H and O–H groups in total. The van der Waals surface area contributed by atoms with Gasteiger partial charge < -0.3 is 10.2 Å². The Morgan fingerprint density at radius 3 is 1.07 bits per heavy atom. The average Bonchev–Trinajstić information content (AvgIpc) is 2.42. The molecule has 0 saturated heterocycles. The Balaban J connectivity index is 6.56. The van der Waals surface area contributed by atoms with E-state index >= 15 is 0 Å². The summed E-state index contributed by atoms with van der Waals surface area (Å²) in [5.74, 6) is 0. The van der Waals surface area contributed by atoms with E-state index in [1.807, 2.05) is 83.1 Å². The molecular formula is C23H46N2O4S. The molecule has 0 saturated carbocycles. The van der Waals surface area contributed by atoms with Gasteiger partial charge in [-0.15, -0.1) is 0 Å². The monoisotopic (exact) mass is 446 g/mol. The molecule has 0 aromatic carbocycles. The molecule has 0 aromatic rings. The topological polar surface area (TPSA) is 81.1 Å². The largest absolute Gasteiger partial charge is 0.465 e. The minimum absolute atomic E-state index is 0.342. The normalized spacial score (nSPS) is 15.9. The zero-order valence-corrected chi connectivity index (χ0v) is 22.3. The molecule has 6 nitrogen and oxygen atoms in total. The van der Waals surface area contributed by atoms with E-state index in [-0.39, 0.29) is 33.7 Å². The molecule has 0 fully saturated rings. The fourth-order valence-electron chi connectivity index (χ4n) is 5.54. The fourth-order valence-corrected chi connectivity index (χ4v) is 5.92. The predicted molar refractivity (Wildman–Crippen MR) is 127 cm³/mol. The van der Waals surface area contributed by atoms with Crippen LogP contribution in [0.25, 0.3) is 0 Å². The minimum Gasteiger partial charge on any atom is -0.465 e. The molecule has 0 aliphatic carbocycles. The van der Waals surface area contributed by atoms with E-state index in [0.29, 0.717) is 0 Å². The number of nitrogens with zero attached hydrogens (tertiary/aromatic N) is 2. The quantitative estimate of drug-likeness (QED) is 0.332. The van der Waals surface area contributed by atoms with Crippen LogP contribution in [0.1, 0.15) is 90.0 Å². The van der Waals surface area contributed by atoms with Gasteiger partial charge in [-0.2, -0.15) is 12.6 Å². The van der Waals surface area contributed by atoms with Crippen LogP contribution in [0.5, 0.6) is 0 Å². The van der Waals surface area contributed by atoms with Gasteiger partial charge in [0.25, 0.3) is 0 Å². The average molecular weight is 447 g/mol. The summed E-state index contributed by atoms with van der Waals surface area (Å²) in [4.78, 5) is 27.7. The van der Waals surface area contributed by atoms with Gasteiger partial charge in [-0.3, -0.25) is 9.80 Å². The van der Waals surface area contributed by atoms with Crippen LogP contribution in [-0.4, -0.2) is 55.7 Å². The third-order valence-corrected chi connectivity index (χ3v) is 6.11. The Bertz CT molecular complexity index is 527. The number of carbonyl (C=O) groups is 2. The van der Waals surface area contributed by atoms with Crippen molar-refractivity contribution >= 4 is 24.8 Å². The second-order valence-electron chi connectivity index (χ2n) is 12.8. The highest BCUT2D eigenvalue weighted by Crippen LogP contribution is 2.42. The highest BCUT2D eigenvalue weighted by atomic mass is 32.1. The van der Waals surface area contributed by atoms with Crippen LogP contribution in [0.2, 0.25) is 0 Å². The fraction of sp³-hybridized carbons (Fsp3) is 0.913. The second-order valence-corrected chi connectivity index (χ2v) is 13.3. The number of hydrogen-bond acceptors (Lipinski definition) is 3. The van der Waals surface area contributed by atoms with E-state index < -0.39 is 23.6 Å². The summed E-state index contributed by atoms with van der Waals surface area (Å²) in [5, 5.41) is 19.5. The maximum Gasteiger partial charge on any atom is 0.408 e. The lowest BCUT2D eigenvalue weighted by Crippen LogP contribution is -2.64. The van der Waals surface area contributed by atoms with Crippen molar-refractivity contribution in [3.63, 3.8) is 0 Å². The zero-order chi connectivity index (χ0) is 24.6. The van der Waals surface area contributed by atoms with Crippen molar-refractivity contribution < 1.29 is 19.8 Å². The Hall–Kier alpha value is -1.11. The first-order chi connectivity index (χ1) is 13.0. The first-order valence-corrected chi connectivity index (χ1v) is 11.2. The van der Waals surface area contributed by atoms with Crippen molar-refractivity contribution in [2.75, 3.05) is 0 Å². The number of carboxylic acid groups (broad SMARTS) is 2. The molecule has 2 amide bonds. The molecule has 0 bridgehead atoms. The molecule has 0 rings (SSSR count). The van der Waals surface area contributed by atoms with Crippen LogP contribution in [0.3, 0.4) is 0 Å². The Morgan fingerprint density at radius 2 is 0.867 bits per heavy atom. The lowest BCUT2D eigenvalue weighted by molar-refractivity contribution is -0.0317. The van der Waals surface area contributed by atoms with E-state index in [9.17, 15) is 19.8 Å². The van der Waals surface area contributed by atoms with Crippen LogP contribution in [0.4, 0.5) is 9.59 Å². The third-order valence-electron chi connectivity index (χ3n) is 5.43. The van der Waals surface area contributed by atoms with Gasteiger partial charge in [0, 0.05) is 12.1 Å². The summed E-state index contributed by atoms with van der Waals surface area (Å²) in [6.07, 6.45) is -2.16. The lowest BCUT2D eigenvalue weighted by Gasteiger charge is -2.53. The minimum atomic E-state index is -1.09. The van der Waals surface area contributed by atoms with E-state index in [1.54, 1.807) is 6.92 Å². The van der Waals surface area contributed by atoms with Crippen molar-refractivity contribution in [2.45, 2.75) is 114 Å². The van der Waals surface area contributed by atoms with Gasteiger partial charge in [0.2, 0.25) is 0 Å². The molecule has 30 heavy (non-hydrogen) atoms. The Labute approximate surface area is 189 Å². The summed E-state index contributed by atoms with van der Waals surface area (Å²) in [6.45, 7) is 25.9. The van der Waals surface area contributed by atoms with Crippen molar-refractivity contribution in [1.29, 1.82) is 0 Å². The van der Waals surface area contributed by atoms with Crippen molar-refractivity contribution in [3.05, 3.63) is 0 Å². The zero-order valence-electron chi connectivity index (χ0n) is 21.4. The van der Waals surface area contributed by atoms with Gasteiger partial charge >= 0.3 is 12.2 Å². The van der Waals surface area contributed by atoms with Crippen molar-refractivity contribution in [3.8, 4) is 0 Å². The molecule has 7 heteroatoms. The van der Waals surface area contributed by atoms with Gasteiger partial charge in [-0.05, 0) is 28.6 Å². The molecule has 0 heterocycles. The molecule has 0 aliphatic rings. The van der Waals surface area contributed by atoms with Gasteiger partial charge in [0.1, 0.15) is 0 Å². The molecule has 2 atom stereocenters. The molecule has 0 spiro atoms. The van der Waals surface area contributed by atoms with Gasteiger partial charge in [0.05, 0.1) is 11.4 Å². The summed E-state index contributed by atoms with van der Waals surface area (Å²) in [7, 11) is 0. The molecular weight excluding hydrogens is 400 g/mol. The second kappa shape index (κ2) is 9.17. The van der Waals surface area contributed by atoms with Crippen LogP contribution in [0.15, 0.2) is 0 Å².